The lowest BCUT2D eigenvalue weighted by atomic mass is 10.0. The summed E-state index contributed by atoms with van der Waals surface area (Å²) < 4.78 is 6.52. The van der Waals surface area contributed by atoms with Gasteiger partial charge < -0.3 is 9.64 Å². The fourth-order valence-electron chi connectivity index (χ4n) is 2.34. The number of hydrogen-bond donors (Lipinski definition) is 0. The van der Waals surface area contributed by atoms with Gasteiger partial charge in [0.2, 0.25) is 0 Å². The Hall–Kier alpha value is -0.700. The van der Waals surface area contributed by atoms with Gasteiger partial charge in [-0.2, -0.15) is 0 Å². The Labute approximate surface area is 106 Å². The predicted molar refractivity (Wildman–Crippen MR) is 71.4 cm³/mol. The molecular weight excluding hydrogens is 266 g/mol. The van der Waals surface area contributed by atoms with Crippen LogP contribution in [-0.2, 0) is 0 Å². The van der Waals surface area contributed by atoms with E-state index in [0.29, 0.717) is 6.04 Å². The highest BCUT2D eigenvalue weighted by Crippen LogP contribution is 2.34. The first-order valence-corrected chi connectivity index (χ1v) is 6.62. The van der Waals surface area contributed by atoms with E-state index in [0.717, 1.165) is 16.8 Å². The summed E-state index contributed by atoms with van der Waals surface area (Å²) in [5.74, 6) is 0.961. The van der Waals surface area contributed by atoms with Crippen LogP contribution in [0.25, 0.3) is 0 Å². The van der Waals surface area contributed by atoms with E-state index in [9.17, 15) is 0 Å². The molecule has 2 rings (SSSR count). The number of anilines is 1. The van der Waals surface area contributed by atoms with Crippen LogP contribution in [0.5, 0.6) is 5.75 Å². The van der Waals surface area contributed by atoms with Crippen molar-refractivity contribution in [3.63, 3.8) is 0 Å². The van der Waals surface area contributed by atoms with Gasteiger partial charge in [0.1, 0.15) is 5.75 Å². The zero-order valence-electron chi connectivity index (χ0n) is 9.87. The first-order chi connectivity index (χ1) is 7.72. The van der Waals surface area contributed by atoms with Crippen molar-refractivity contribution in [2.45, 2.75) is 32.2 Å². The number of nitrogens with zero attached hydrogens (tertiary/aromatic N) is 1. The number of methoxy groups -OCH3 is 1. The Kier molecular flexibility index (Phi) is 3.74. The molecule has 0 spiro atoms. The minimum absolute atomic E-state index is 0.615. The molecule has 3 heteroatoms. The van der Waals surface area contributed by atoms with Crippen molar-refractivity contribution in [3.8, 4) is 5.75 Å². The molecule has 0 radical (unpaired) electrons. The largest absolute Gasteiger partial charge is 0.495 e. The third kappa shape index (κ3) is 2.34. The van der Waals surface area contributed by atoms with Crippen molar-refractivity contribution in [3.05, 3.63) is 22.7 Å². The zero-order chi connectivity index (χ0) is 11.5. The number of benzene rings is 1. The first kappa shape index (κ1) is 11.8. The summed E-state index contributed by atoms with van der Waals surface area (Å²) in [6.07, 6.45) is 3.90. The molecule has 0 saturated carbocycles. The SMILES string of the molecule is COc1cc(Br)ccc1N1CCCCC1C. The monoisotopic (exact) mass is 283 g/mol. The van der Waals surface area contributed by atoms with E-state index >= 15 is 0 Å². The summed E-state index contributed by atoms with van der Waals surface area (Å²) in [5.41, 5.74) is 1.22. The highest BCUT2D eigenvalue weighted by atomic mass is 79.9. The van der Waals surface area contributed by atoms with E-state index < -0.39 is 0 Å². The molecule has 16 heavy (non-hydrogen) atoms. The number of ether oxygens (including phenoxy) is 1. The highest BCUT2D eigenvalue weighted by molar-refractivity contribution is 9.10. The Morgan fingerprint density at radius 2 is 2.19 bits per heavy atom. The van der Waals surface area contributed by atoms with Gasteiger partial charge in [-0.05, 0) is 44.4 Å². The van der Waals surface area contributed by atoms with Gasteiger partial charge >= 0.3 is 0 Å². The lowest BCUT2D eigenvalue weighted by molar-refractivity contribution is 0.407. The summed E-state index contributed by atoms with van der Waals surface area (Å²) in [6.45, 7) is 3.43. The molecule has 1 aromatic rings. The molecule has 88 valence electrons. The number of piperidine rings is 1. The van der Waals surface area contributed by atoms with Crippen molar-refractivity contribution in [2.75, 3.05) is 18.6 Å². The van der Waals surface area contributed by atoms with Crippen molar-refractivity contribution in [1.82, 2.24) is 0 Å². The summed E-state index contributed by atoms with van der Waals surface area (Å²) in [5, 5.41) is 0. The Balaban J connectivity index is 2.30. The molecule has 1 fully saturated rings. The van der Waals surface area contributed by atoms with Crippen LogP contribution in [0.2, 0.25) is 0 Å². The van der Waals surface area contributed by atoms with Gasteiger partial charge in [0.15, 0.2) is 0 Å². The van der Waals surface area contributed by atoms with Crippen LogP contribution in [0.3, 0.4) is 0 Å². The van der Waals surface area contributed by atoms with Gasteiger partial charge in [-0.15, -0.1) is 0 Å². The molecule has 1 aliphatic heterocycles. The van der Waals surface area contributed by atoms with Gasteiger partial charge in [-0.25, -0.2) is 0 Å². The average Bonchev–Trinajstić information content (AvgIpc) is 2.30. The maximum Gasteiger partial charge on any atom is 0.143 e. The molecule has 1 saturated heterocycles. The minimum atomic E-state index is 0.615. The minimum Gasteiger partial charge on any atom is -0.495 e. The van der Waals surface area contributed by atoms with Crippen LogP contribution >= 0.6 is 15.9 Å². The van der Waals surface area contributed by atoms with E-state index in [-0.39, 0.29) is 0 Å². The molecule has 0 bridgehead atoms. The van der Waals surface area contributed by atoms with Gasteiger partial charge in [0, 0.05) is 17.1 Å². The molecule has 0 aromatic heterocycles. The molecule has 1 aromatic carbocycles. The Morgan fingerprint density at radius 1 is 1.38 bits per heavy atom. The van der Waals surface area contributed by atoms with Crippen molar-refractivity contribution >= 4 is 21.6 Å². The topological polar surface area (TPSA) is 12.5 Å². The quantitative estimate of drug-likeness (QED) is 0.818. The smallest absolute Gasteiger partial charge is 0.143 e. The van der Waals surface area contributed by atoms with E-state index in [1.165, 1.54) is 24.9 Å². The van der Waals surface area contributed by atoms with Crippen molar-refractivity contribution in [1.29, 1.82) is 0 Å². The third-order valence-electron chi connectivity index (χ3n) is 3.25. The molecular formula is C13H18BrNO. The molecule has 0 aliphatic carbocycles. The molecule has 1 atom stereocenters. The molecule has 1 unspecified atom stereocenters. The molecule has 0 N–H and O–H groups in total. The molecule has 1 aliphatic rings. The second-order valence-electron chi connectivity index (χ2n) is 4.35. The van der Waals surface area contributed by atoms with Crippen LogP contribution in [-0.4, -0.2) is 19.7 Å². The van der Waals surface area contributed by atoms with Gasteiger partial charge in [0.25, 0.3) is 0 Å². The average molecular weight is 284 g/mol. The lowest BCUT2D eigenvalue weighted by Crippen LogP contribution is -2.37. The van der Waals surface area contributed by atoms with Crippen molar-refractivity contribution in [2.24, 2.45) is 0 Å². The molecule has 1 heterocycles. The fraction of sp³-hybridized carbons (Fsp3) is 0.538. The lowest BCUT2D eigenvalue weighted by Gasteiger charge is -2.36. The third-order valence-corrected chi connectivity index (χ3v) is 3.75. The van der Waals surface area contributed by atoms with E-state index in [2.05, 4.69) is 39.9 Å². The number of halogens is 1. The van der Waals surface area contributed by atoms with Gasteiger partial charge in [-0.1, -0.05) is 15.9 Å². The second-order valence-corrected chi connectivity index (χ2v) is 5.27. The predicted octanol–water partition coefficient (Wildman–Crippen LogP) is 3.84. The normalized spacial score (nSPS) is 20.9. The van der Waals surface area contributed by atoms with Crippen LogP contribution in [0.4, 0.5) is 5.69 Å². The standard InChI is InChI=1S/C13H18BrNO/c1-10-5-3-4-8-15(10)12-7-6-11(14)9-13(12)16-2/h6-7,9-10H,3-5,8H2,1-2H3. The van der Waals surface area contributed by atoms with E-state index in [1.807, 2.05) is 6.07 Å². The van der Waals surface area contributed by atoms with Crippen LogP contribution in [0.1, 0.15) is 26.2 Å². The summed E-state index contributed by atoms with van der Waals surface area (Å²) >= 11 is 3.48. The molecule has 0 amide bonds. The Morgan fingerprint density at radius 3 is 2.88 bits per heavy atom. The molecule has 2 nitrogen and oxygen atoms in total. The number of hydrogen-bond acceptors (Lipinski definition) is 2. The maximum absolute atomic E-state index is 5.46. The van der Waals surface area contributed by atoms with Crippen LogP contribution in [0, 0.1) is 0 Å². The summed E-state index contributed by atoms with van der Waals surface area (Å²) in [6, 6.07) is 6.88. The first-order valence-electron chi connectivity index (χ1n) is 5.82. The zero-order valence-corrected chi connectivity index (χ0v) is 11.5. The highest BCUT2D eigenvalue weighted by Gasteiger charge is 2.21. The van der Waals surface area contributed by atoms with E-state index in [4.69, 9.17) is 4.74 Å². The van der Waals surface area contributed by atoms with Gasteiger partial charge in [-0.3, -0.25) is 0 Å². The van der Waals surface area contributed by atoms with Crippen LogP contribution in [0.15, 0.2) is 22.7 Å². The van der Waals surface area contributed by atoms with Crippen LogP contribution < -0.4 is 9.64 Å². The van der Waals surface area contributed by atoms with Crippen molar-refractivity contribution < 1.29 is 4.74 Å². The maximum atomic E-state index is 5.46. The second kappa shape index (κ2) is 5.09. The van der Waals surface area contributed by atoms with E-state index in [1.54, 1.807) is 7.11 Å². The number of rotatable bonds is 2. The summed E-state index contributed by atoms with van der Waals surface area (Å²) in [7, 11) is 1.74. The van der Waals surface area contributed by atoms with Gasteiger partial charge in [0.05, 0.1) is 12.8 Å². The fourth-order valence-corrected chi connectivity index (χ4v) is 2.68. The Bertz CT molecular complexity index is 367. The summed E-state index contributed by atoms with van der Waals surface area (Å²) in [4.78, 5) is 2.45.